The Morgan fingerprint density at radius 3 is 1.66 bits per heavy atom. The third-order valence-electron chi connectivity index (χ3n) is 17.4. The maximum absolute atomic E-state index is 7.18. The molecule has 4 aromatic heterocycles. The number of anilines is 5. The van der Waals surface area contributed by atoms with E-state index in [0.717, 1.165) is 39.0 Å². The largest absolute Gasteiger partial charge is 0.456 e. The van der Waals surface area contributed by atoms with Crippen molar-refractivity contribution in [3.63, 3.8) is 0 Å². The second-order valence-corrected chi connectivity index (χ2v) is 28.8. The number of benzene rings is 9. The molecule has 4 nitrogen and oxygen atoms in total. The summed E-state index contributed by atoms with van der Waals surface area (Å²) in [6.07, 6.45) is 0. The quantitative estimate of drug-likeness (QED) is 0.164. The third-order valence-corrected chi connectivity index (χ3v) is 19.7. The molecule has 13 aromatic rings. The summed E-state index contributed by atoms with van der Waals surface area (Å²) in [5, 5.41) is 8.77. The predicted molar refractivity (Wildman–Crippen MR) is 345 cm³/mol. The Morgan fingerprint density at radius 2 is 1.00 bits per heavy atom. The highest BCUT2D eigenvalue weighted by Crippen LogP contribution is 2.51. The zero-order valence-corrected chi connectivity index (χ0v) is 48.9. The predicted octanol–water partition coefficient (Wildman–Crippen LogP) is 20.2. The number of furan rings is 1. The van der Waals surface area contributed by atoms with Gasteiger partial charge in [0.1, 0.15) is 11.2 Å². The molecule has 2 aliphatic heterocycles. The third kappa shape index (κ3) is 7.31. The summed E-state index contributed by atoms with van der Waals surface area (Å²) in [4.78, 5) is 5.06. The monoisotopic (exact) mass is 1060 g/mol. The van der Waals surface area contributed by atoms with Gasteiger partial charge >= 0.3 is 6.85 Å². The molecule has 0 bridgehead atoms. The maximum atomic E-state index is 7.18. The van der Waals surface area contributed by atoms with Gasteiger partial charge in [-0.3, -0.25) is 0 Å². The van der Waals surface area contributed by atoms with E-state index >= 15 is 0 Å². The van der Waals surface area contributed by atoms with E-state index in [4.69, 9.17) is 4.42 Å². The van der Waals surface area contributed by atoms with Crippen LogP contribution in [-0.4, -0.2) is 11.4 Å². The number of thiophene rings is 2. The van der Waals surface area contributed by atoms with E-state index in [-0.39, 0.29) is 28.5 Å². The molecule has 0 radical (unpaired) electrons. The summed E-state index contributed by atoms with van der Waals surface area (Å²) in [5.41, 5.74) is 20.4. The van der Waals surface area contributed by atoms with Crippen LogP contribution in [0.3, 0.4) is 0 Å². The Kier molecular flexibility index (Phi) is 10.1. The second kappa shape index (κ2) is 16.5. The molecule has 0 N–H and O–H groups in total. The van der Waals surface area contributed by atoms with Crippen molar-refractivity contribution in [2.45, 2.75) is 105 Å². The summed E-state index contributed by atoms with van der Waals surface area (Å²) in [7, 11) is 0. The molecule has 9 aromatic carbocycles. The Labute approximate surface area is 471 Å². The summed E-state index contributed by atoms with van der Waals surface area (Å²) < 4.78 is 15.2. The first-order valence-electron chi connectivity index (χ1n) is 28.1. The minimum atomic E-state index is -0.0962. The Balaban J connectivity index is 0.995. The van der Waals surface area contributed by atoms with E-state index < -0.39 is 0 Å². The number of hydrogen-bond donors (Lipinski definition) is 0. The lowest BCUT2D eigenvalue weighted by Crippen LogP contribution is -2.59. The van der Waals surface area contributed by atoms with Crippen molar-refractivity contribution in [1.82, 2.24) is 4.57 Å². The van der Waals surface area contributed by atoms with E-state index in [1.54, 1.807) is 0 Å². The fourth-order valence-corrected chi connectivity index (χ4v) is 15.4. The average molecular weight is 1060 g/mol. The lowest BCUT2D eigenvalue weighted by molar-refractivity contribution is 0.590. The normalized spacial score (nSPS) is 13.8. The van der Waals surface area contributed by atoms with Crippen molar-refractivity contribution >= 4 is 142 Å². The molecular weight excluding hydrogens is 998 g/mol. The Hall–Kier alpha value is -7.58. The molecule has 0 saturated heterocycles. The molecule has 0 fully saturated rings. The highest BCUT2D eigenvalue weighted by Gasteiger charge is 2.46. The van der Waals surface area contributed by atoms with Gasteiger partial charge in [-0.25, -0.2) is 0 Å². The van der Waals surface area contributed by atoms with Crippen LogP contribution in [0.5, 0.6) is 0 Å². The number of hydrogen-bond acceptors (Lipinski definition) is 5. The number of rotatable bonds is 4. The van der Waals surface area contributed by atoms with Crippen LogP contribution in [0.2, 0.25) is 0 Å². The van der Waals surface area contributed by atoms with Gasteiger partial charge in [-0.05, 0) is 146 Å². The van der Waals surface area contributed by atoms with Gasteiger partial charge in [-0.15, -0.1) is 22.7 Å². The van der Waals surface area contributed by atoms with Crippen molar-refractivity contribution in [1.29, 1.82) is 0 Å². The van der Waals surface area contributed by atoms with Crippen LogP contribution in [0.25, 0.3) is 90.8 Å². The standard InChI is InChI=1S/C72H64BN3OS2/c1-69(2,3)41-17-24-45(25-18-41)74(46-26-19-42(20-27-46)70(4,5)6)48-30-31-49-55-37-59-53(39-61(55)77-60(49)36-48)51-32-33-52-54-40-64-56(50-15-13-14-16-62(50)78-64)38-58(54)75-66(52)65(51)73(76(59)47-28-21-43(22-29-47)71(7,8)9)68-67(75)57-35-44(72(10,11)12)23-34-63(57)79-68/h13-40H,1-12H3. The van der Waals surface area contributed by atoms with Gasteiger partial charge in [0, 0.05) is 96.6 Å². The number of nitrogens with zero attached hydrogens (tertiary/aromatic N) is 3. The fraction of sp³-hybridized carbons (Fsp3) is 0.222. The smallest absolute Gasteiger partial charge is 0.343 e. The van der Waals surface area contributed by atoms with Crippen molar-refractivity contribution in [2.75, 3.05) is 9.71 Å². The molecular formula is C72H64BN3OS2. The number of fused-ring (bicyclic) bond motifs is 16. The number of aromatic nitrogens is 1. The topological polar surface area (TPSA) is 24.6 Å². The zero-order valence-electron chi connectivity index (χ0n) is 47.3. The molecule has 0 saturated carbocycles. The van der Waals surface area contributed by atoms with Gasteiger partial charge in [0.05, 0.1) is 16.7 Å². The van der Waals surface area contributed by atoms with Crippen molar-refractivity contribution in [3.8, 4) is 16.8 Å². The van der Waals surface area contributed by atoms with Crippen LogP contribution in [0, 0.1) is 0 Å². The minimum Gasteiger partial charge on any atom is -0.456 e. The molecule has 7 heteroatoms. The fourth-order valence-electron chi connectivity index (χ4n) is 13.0. The van der Waals surface area contributed by atoms with E-state index in [1.807, 2.05) is 22.7 Å². The molecule has 79 heavy (non-hydrogen) atoms. The lowest BCUT2D eigenvalue weighted by Gasteiger charge is -2.41. The van der Waals surface area contributed by atoms with Gasteiger partial charge < -0.3 is 18.7 Å². The van der Waals surface area contributed by atoms with Crippen LogP contribution in [-0.2, 0) is 21.7 Å². The zero-order chi connectivity index (χ0) is 54.4. The Morgan fingerprint density at radius 1 is 0.418 bits per heavy atom. The highest BCUT2D eigenvalue weighted by molar-refractivity contribution is 7.32. The van der Waals surface area contributed by atoms with E-state index in [1.165, 1.54) is 113 Å². The van der Waals surface area contributed by atoms with E-state index in [2.05, 4.69) is 267 Å². The van der Waals surface area contributed by atoms with Crippen molar-refractivity contribution < 1.29 is 4.42 Å². The molecule has 0 unspecified atom stereocenters. The van der Waals surface area contributed by atoms with Crippen LogP contribution in [0.15, 0.2) is 174 Å². The molecule has 0 atom stereocenters. The maximum Gasteiger partial charge on any atom is 0.343 e. The van der Waals surface area contributed by atoms with Crippen LogP contribution in [0.4, 0.5) is 28.4 Å². The van der Waals surface area contributed by atoms with Gasteiger partial charge in [0.2, 0.25) is 0 Å². The Bertz CT molecular complexity index is 4640. The molecule has 2 aliphatic rings. The first-order valence-corrected chi connectivity index (χ1v) is 29.7. The molecule has 0 aliphatic carbocycles. The molecule has 15 rings (SSSR count). The minimum absolute atomic E-state index is 0.00737. The molecule has 0 amide bonds. The average Bonchev–Trinajstić information content (AvgIpc) is 3.16. The van der Waals surface area contributed by atoms with Crippen LogP contribution >= 0.6 is 22.7 Å². The first kappa shape index (κ1) is 48.5. The summed E-state index contributed by atoms with van der Waals surface area (Å²) in [5.74, 6) is 0. The van der Waals surface area contributed by atoms with Crippen molar-refractivity contribution in [2.24, 2.45) is 0 Å². The van der Waals surface area contributed by atoms with Crippen molar-refractivity contribution in [3.05, 3.63) is 192 Å². The van der Waals surface area contributed by atoms with E-state index in [9.17, 15) is 0 Å². The van der Waals surface area contributed by atoms with Gasteiger partial charge in [-0.1, -0.05) is 156 Å². The van der Waals surface area contributed by atoms with Crippen LogP contribution in [0.1, 0.15) is 105 Å². The molecule has 0 spiro atoms. The van der Waals surface area contributed by atoms with Gasteiger partial charge in [-0.2, -0.15) is 0 Å². The lowest BCUT2D eigenvalue weighted by atomic mass is 9.47. The van der Waals surface area contributed by atoms with Gasteiger partial charge in [0.15, 0.2) is 0 Å². The van der Waals surface area contributed by atoms with E-state index in [0.29, 0.717) is 0 Å². The first-order chi connectivity index (χ1) is 37.7. The highest BCUT2D eigenvalue weighted by atomic mass is 32.1. The summed E-state index contributed by atoms with van der Waals surface area (Å²) in [6, 6.07) is 65.3. The van der Waals surface area contributed by atoms with Gasteiger partial charge in [0.25, 0.3) is 0 Å². The SMILES string of the molecule is CC(C)(C)c1ccc(N2B3c4sc5ccc(C(C)(C)C)cc5c4-n4c5cc6c(cc5c5ccc(c3c54)-c3cc4oc5cc(N(c7ccc(C(C)(C)C)cc7)c7ccc(C(C)(C)C)cc7)ccc5c4cc32)sc2ccccc26)cc1. The second-order valence-electron chi connectivity index (χ2n) is 26.6. The summed E-state index contributed by atoms with van der Waals surface area (Å²) in [6.45, 7) is 27.5. The summed E-state index contributed by atoms with van der Waals surface area (Å²) >= 11 is 3.87. The van der Waals surface area contributed by atoms with Crippen LogP contribution < -0.4 is 20.0 Å². The molecule has 6 heterocycles. The molecule has 388 valence electrons.